The van der Waals surface area contributed by atoms with Gasteiger partial charge in [0.25, 0.3) is 0 Å². The van der Waals surface area contributed by atoms with Crippen molar-refractivity contribution < 1.29 is 4.52 Å². The lowest BCUT2D eigenvalue weighted by Gasteiger charge is -2.14. The summed E-state index contributed by atoms with van der Waals surface area (Å²) in [6.07, 6.45) is 3.07. The molecule has 0 aliphatic heterocycles. The minimum Gasteiger partial charge on any atom is -0.339 e. The molecule has 0 bridgehead atoms. The Labute approximate surface area is 120 Å². The summed E-state index contributed by atoms with van der Waals surface area (Å²) in [6.45, 7) is 9.52. The van der Waals surface area contributed by atoms with Gasteiger partial charge in [-0.1, -0.05) is 32.9 Å². The number of hydrogen-bond acceptors (Lipinski definition) is 5. The van der Waals surface area contributed by atoms with Gasteiger partial charge in [-0.25, -0.2) is 0 Å². The summed E-state index contributed by atoms with van der Waals surface area (Å²) in [5, 5.41) is 4.68. The average Bonchev–Trinajstić information content (AvgIpc) is 2.82. The molecule has 5 heteroatoms. The topological polar surface area (TPSA) is 64.9 Å². The number of nitrogens with two attached hydrogens (primary N) is 1. The first-order valence-electron chi connectivity index (χ1n) is 7.18. The molecular weight excluding hydrogens is 258 g/mol. The van der Waals surface area contributed by atoms with Crippen molar-refractivity contribution in [2.45, 2.75) is 58.0 Å². The van der Waals surface area contributed by atoms with Crippen LogP contribution >= 0.6 is 11.8 Å². The quantitative estimate of drug-likeness (QED) is 0.754. The van der Waals surface area contributed by atoms with Gasteiger partial charge in [0.1, 0.15) is 0 Å². The summed E-state index contributed by atoms with van der Waals surface area (Å²) in [6, 6.07) is 0. The lowest BCUT2D eigenvalue weighted by molar-refractivity contribution is 0.330. The van der Waals surface area contributed by atoms with E-state index in [-0.39, 0.29) is 0 Å². The van der Waals surface area contributed by atoms with E-state index in [1.165, 1.54) is 6.42 Å². The fraction of sp³-hybridized carbons (Fsp3) is 0.857. The lowest BCUT2D eigenvalue weighted by Crippen LogP contribution is -2.19. The van der Waals surface area contributed by atoms with E-state index < -0.39 is 0 Å². The molecule has 0 spiro atoms. The van der Waals surface area contributed by atoms with Crippen LogP contribution in [0.25, 0.3) is 0 Å². The van der Waals surface area contributed by atoms with Crippen LogP contribution in [-0.4, -0.2) is 21.9 Å². The Hall–Kier alpha value is -0.550. The normalized spacial score (nSPS) is 14.8. The van der Waals surface area contributed by atoms with Gasteiger partial charge >= 0.3 is 0 Å². The Balaban J connectivity index is 2.45. The molecule has 19 heavy (non-hydrogen) atoms. The highest BCUT2D eigenvalue weighted by Gasteiger charge is 2.15. The third-order valence-corrected chi connectivity index (χ3v) is 4.51. The summed E-state index contributed by atoms with van der Waals surface area (Å²) >= 11 is 1.87. The number of thioether (sulfide) groups is 1. The second-order valence-electron chi connectivity index (χ2n) is 5.57. The number of nitrogens with zero attached hydrogens (tertiary/aromatic N) is 2. The number of aromatic nitrogens is 2. The van der Waals surface area contributed by atoms with E-state index >= 15 is 0 Å². The Morgan fingerprint density at radius 1 is 1.32 bits per heavy atom. The van der Waals surface area contributed by atoms with Crippen LogP contribution in [0.3, 0.4) is 0 Å². The zero-order chi connectivity index (χ0) is 14.3. The van der Waals surface area contributed by atoms with E-state index in [9.17, 15) is 0 Å². The fourth-order valence-electron chi connectivity index (χ4n) is 1.94. The highest BCUT2D eigenvalue weighted by Crippen LogP contribution is 2.19. The average molecular weight is 285 g/mol. The molecule has 1 heterocycles. The van der Waals surface area contributed by atoms with Crippen LogP contribution < -0.4 is 5.73 Å². The number of rotatable bonds is 9. The van der Waals surface area contributed by atoms with E-state index in [1.807, 2.05) is 11.8 Å². The van der Waals surface area contributed by atoms with Crippen LogP contribution in [0.2, 0.25) is 0 Å². The molecule has 110 valence electrons. The zero-order valence-electron chi connectivity index (χ0n) is 12.6. The van der Waals surface area contributed by atoms with E-state index in [1.54, 1.807) is 0 Å². The van der Waals surface area contributed by atoms with Crippen LogP contribution in [0, 0.1) is 11.8 Å². The van der Waals surface area contributed by atoms with E-state index in [2.05, 4.69) is 37.8 Å². The van der Waals surface area contributed by atoms with Crippen LogP contribution in [0.1, 0.15) is 52.3 Å². The molecule has 4 nitrogen and oxygen atoms in total. The molecule has 1 rings (SSSR count). The molecule has 1 aromatic rings. The minimum atomic E-state index is 0.440. The molecule has 0 radical (unpaired) electrons. The molecule has 2 unspecified atom stereocenters. The summed E-state index contributed by atoms with van der Waals surface area (Å²) in [5.41, 5.74) is 5.80. The first-order valence-corrected chi connectivity index (χ1v) is 8.23. The predicted molar refractivity (Wildman–Crippen MR) is 81.0 cm³/mol. The van der Waals surface area contributed by atoms with Gasteiger partial charge in [-0.05, 0) is 31.2 Å². The van der Waals surface area contributed by atoms with Gasteiger partial charge in [0.15, 0.2) is 5.82 Å². The smallest absolute Gasteiger partial charge is 0.226 e. The molecule has 0 saturated carbocycles. The Kier molecular flexibility index (Phi) is 7.46. The van der Waals surface area contributed by atoms with Crippen LogP contribution in [0.5, 0.6) is 0 Å². The van der Waals surface area contributed by atoms with E-state index in [0.29, 0.717) is 23.6 Å². The van der Waals surface area contributed by atoms with Crippen molar-refractivity contribution in [1.82, 2.24) is 10.1 Å². The van der Waals surface area contributed by atoms with Crippen molar-refractivity contribution in [2.75, 3.05) is 6.54 Å². The third kappa shape index (κ3) is 6.43. The highest BCUT2D eigenvalue weighted by atomic mass is 32.2. The molecule has 0 aromatic carbocycles. The standard InChI is InChI=1S/C14H27N3OS/c1-5-11(4)19-9-13-16-14(18-17-13)7-12(8-15)6-10(2)3/h10-12H,5-9,15H2,1-4H3. The first kappa shape index (κ1) is 16.5. The molecule has 0 fully saturated rings. The van der Waals surface area contributed by atoms with Gasteiger partial charge in [-0.15, -0.1) is 0 Å². The Morgan fingerprint density at radius 2 is 2.05 bits per heavy atom. The molecule has 0 amide bonds. The van der Waals surface area contributed by atoms with Crippen molar-refractivity contribution in [3.05, 3.63) is 11.7 Å². The first-order chi connectivity index (χ1) is 9.05. The molecule has 0 saturated heterocycles. The predicted octanol–water partition coefficient (Wildman–Crippen LogP) is 3.26. The fourth-order valence-corrected chi connectivity index (χ4v) is 2.73. The van der Waals surface area contributed by atoms with Gasteiger partial charge in [-0.2, -0.15) is 16.7 Å². The molecule has 1 aromatic heterocycles. The monoisotopic (exact) mass is 285 g/mol. The van der Waals surface area contributed by atoms with Gasteiger partial charge < -0.3 is 10.3 Å². The van der Waals surface area contributed by atoms with Crippen LogP contribution in [0.4, 0.5) is 0 Å². The molecule has 0 aliphatic rings. The lowest BCUT2D eigenvalue weighted by atomic mass is 9.94. The van der Waals surface area contributed by atoms with E-state index in [4.69, 9.17) is 10.3 Å². The van der Waals surface area contributed by atoms with Gasteiger partial charge in [0, 0.05) is 11.7 Å². The SMILES string of the molecule is CCC(C)SCc1noc(CC(CN)CC(C)C)n1. The Bertz CT molecular complexity index is 354. The summed E-state index contributed by atoms with van der Waals surface area (Å²) in [7, 11) is 0. The Morgan fingerprint density at radius 3 is 2.63 bits per heavy atom. The van der Waals surface area contributed by atoms with Crippen LogP contribution in [0.15, 0.2) is 4.52 Å². The second kappa shape index (κ2) is 8.59. The second-order valence-corrected chi connectivity index (χ2v) is 7.00. The summed E-state index contributed by atoms with van der Waals surface area (Å²) < 4.78 is 5.31. The van der Waals surface area contributed by atoms with E-state index in [0.717, 1.165) is 30.3 Å². The van der Waals surface area contributed by atoms with Crippen molar-refractivity contribution >= 4 is 11.8 Å². The van der Waals surface area contributed by atoms with Crippen molar-refractivity contribution in [3.63, 3.8) is 0 Å². The van der Waals surface area contributed by atoms with Crippen molar-refractivity contribution in [1.29, 1.82) is 0 Å². The third-order valence-electron chi connectivity index (χ3n) is 3.18. The molecule has 2 atom stereocenters. The zero-order valence-corrected chi connectivity index (χ0v) is 13.4. The van der Waals surface area contributed by atoms with Gasteiger partial charge in [0.05, 0.1) is 5.75 Å². The maximum absolute atomic E-state index is 5.80. The molecule has 0 aliphatic carbocycles. The summed E-state index contributed by atoms with van der Waals surface area (Å²) in [5.74, 6) is 3.46. The van der Waals surface area contributed by atoms with Gasteiger partial charge in [-0.3, -0.25) is 0 Å². The maximum atomic E-state index is 5.80. The maximum Gasteiger partial charge on any atom is 0.226 e. The van der Waals surface area contributed by atoms with Gasteiger partial charge in [0.2, 0.25) is 5.89 Å². The van der Waals surface area contributed by atoms with Crippen molar-refractivity contribution in [2.24, 2.45) is 17.6 Å². The highest BCUT2D eigenvalue weighted by molar-refractivity contribution is 7.99. The summed E-state index contributed by atoms with van der Waals surface area (Å²) in [4.78, 5) is 4.46. The number of hydrogen-bond donors (Lipinski definition) is 1. The minimum absolute atomic E-state index is 0.440. The largest absolute Gasteiger partial charge is 0.339 e. The van der Waals surface area contributed by atoms with Crippen LogP contribution in [-0.2, 0) is 12.2 Å². The molecular formula is C14H27N3OS. The van der Waals surface area contributed by atoms with Crippen molar-refractivity contribution in [3.8, 4) is 0 Å². The molecule has 2 N–H and O–H groups in total.